The first-order chi connectivity index (χ1) is 7.31. The lowest BCUT2D eigenvalue weighted by Gasteiger charge is -2.38. The summed E-state index contributed by atoms with van der Waals surface area (Å²) < 4.78 is 5.41. The number of rotatable bonds is 6. The predicted molar refractivity (Wildman–Crippen MR) is 64.0 cm³/mol. The van der Waals surface area contributed by atoms with E-state index in [2.05, 4.69) is 11.8 Å². The average Bonchev–Trinajstić information content (AvgIpc) is 2.29. The Hall–Kier alpha value is -0.120. The summed E-state index contributed by atoms with van der Waals surface area (Å²) in [6.45, 7) is 5.39. The third-order valence-corrected chi connectivity index (χ3v) is 3.44. The Labute approximate surface area is 94.0 Å². The number of ether oxygens (including phenoxy) is 1. The lowest BCUT2D eigenvalue weighted by molar-refractivity contribution is 0.0128. The minimum atomic E-state index is 0.431. The van der Waals surface area contributed by atoms with Gasteiger partial charge >= 0.3 is 0 Å². The molecule has 1 rings (SSSR count). The van der Waals surface area contributed by atoms with Crippen LogP contribution in [0.1, 0.15) is 39.0 Å². The van der Waals surface area contributed by atoms with Crippen molar-refractivity contribution in [3.8, 4) is 0 Å². The summed E-state index contributed by atoms with van der Waals surface area (Å²) in [5.41, 5.74) is 5.82. The van der Waals surface area contributed by atoms with Crippen LogP contribution in [0.4, 0.5) is 0 Å². The maximum absolute atomic E-state index is 5.82. The summed E-state index contributed by atoms with van der Waals surface area (Å²) in [6.07, 6.45) is 6.65. The number of hydrogen-bond acceptors (Lipinski definition) is 3. The summed E-state index contributed by atoms with van der Waals surface area (Å²) >= 11 is 0. The number of methoxy groups -OCH3 is 1. The van der Waals surface area contributed by atoms with Gasteiger partial charge in [-0.3, -0.25) is 4.90 Å². The van der Waals surface area contributed by atoms with E-state index >= 15 is 0 Å². The van der Waals surface area contributed by atoms with Crippen molar-refractivity contribution in [1.82, 2.24) is 4.90 Å². The topological polar surface area (TPSA) is 38.5 Å². The van der Waals surface area contributed by atoms with Crippen LogP contribution in [0.25, 0.3) is 0 Å². The molecule has 0 radical (unpaired) electrons. The van der Waals surface area contributed by atoms with Gasteiger partial charge in [-0.25, -0.2) is 0 Å². The minimum Gasteiger partial charge on any atom is -0.381 e. The number of nitrogens with zero attached hydrogens (tertiary/aromatic N) is 1. The molecular formula is C12H26N2O. The Balaban J connectivity index is 2.30. The highest BCUT2D eigenvalue weighted by molar-refractivity contribution is 4.82. The zero-order valence-corrected chi connectivity index (χ0v) is 10.2. The molecule has 2 atom stereocenters. The zero-order chi connectivity index (χ0) is 11.1. The standard InChI is InChI=1S/C12H26N2O/c1-3-4-5-7-14-8-6-12(15-2)9-11(14)10-13/h11-12H,3-10,13H2,1-2H3. The maximum Gasteiger partial charge on any atom is 0.0599 e. The molecule has 15 heavy (non-hydrogen) atoms. The second-order valence-corrected chi connectivity index (χ2v) is 4.51. The van der Waals surface area contributed by atoms with Gasteiger partial charge in [0.1, 0.15) is 0 Å². The van der Waals surface area contributed by atoms with Gasteiger partial charge in [0, 0.05) is 26.2 Å². The molecule has 0 aromatic heterocycles. The molecule has 0 aromatic rings. The van der Waals surface area contributed by atoms with E-state index in [1.807, 2.05) is 7.11 Å². The zero-order valence-electron chi connectivity index (χ0n) is 10.2. The molecule has 1 heterocycles. The fourth-order valence-electron chi connectivity index (χ4n) is 2.38. The van der Waals surface area contributed by atoms with Crippen molar-refractivity contribution in [1.29, 1.82) is 0 Å². The highest BCUT2D eigenvalue weighted by Gasteiger charge is 2.26. The molecule has 0 amide bonds. The van der Waals surface area contributed by atoms with Gasteiger partial charge in [0.2, 0.25) is 0 Å². The first-order valence-electron chi connectivity index (χ1n) is 6.28. The smallest absolute Gasteiger partial charge is 0.0599 e. The lowest BCUT2D eigenvalue weighted by atomic mass is 9.99. The second-order valence-electron chi connectivity index (χ2n) is 4.51. The van der Waals surface area contributed by atoms with Crippen LogP contribution in [-0.4, -0.2) is 43.8 Å². The Bertz CT molecular complexity index is 162. The molecule has 0 aliphatic carbocycles. The van der Waals surface area contributed by atoms with Gasteiger partial charge in [-0.15, -0.1) is 0 Å². The molecule has 1 aliphatic rings. The fraction of sp³-hybridized carbons (Fsp3) is 1.00. The van der Waals surface area contributed by atoms with Gasteiger partial charge in [0.15, 0.2) is 0 Å². The summed E-state index contributed by atoms with van der Waals surface area (Å²) in [6, 6.07) is 0.542. The Morgan fingerprint density at radius 1 is 1.40 bits per heavy atom. The van der Waals surface area contributed by atoms with E-state index in [0.29, 0.717) is 12.1 Å². The van der Waals surface area contributed by atoms with Crippen molar-refractivity contribution in [2.24, 2.45) is 5.73 Å². The second kappa shape index (κ2) is 7.20. The van der Waals surface area contributed by atoms with Crippen LogP contribution in [-0.2, 0) is 4.74 Å². The molecule has 3 heteroatoms. The van der Waals surface area contributed by atoms with Crippen molar-refractivity contribution < 1.29 is 4.74 Å². The average molecular weight is 214 g/mol. The third-order valence-electron chi connectivity index (χ3n) is 3.44. The van der Waals surface area contributed by atoms with Crippen molar-refractivity contribution in [3.63, 3.8) is 0 Å². The van der Waals surface area contributed by atoms with E-state index in [1.54, 1.807) is 0 Å². The molecule has 1 aliphatic heterocycles. The van der Waals surface area contributed by atoms with Crippen molar-refractivity contribution in [2.75, 3.05) is 26.7 Å². The van der Waals surface area contributed by atoms with Gasteiger partial charge in [-0.1, -0.05) is 19.8 Å². The van der Waals surface area contributed by atoms with E-state index in [0.717, 1.165) is 19.5 Å². The summed E-state index contributed by atoms with van der Waals surface area (Å²) in [5, 5.41) is 0. The molecule has 1 saturated heterocycles. The molecule has 90 valence electrons. The van der Waals surface area contributed by atoms with Gasteiger partial charge in [0.25, 0.3) is 0 Å². The SMILES string of the molecule is CCCCCN1CCC(OC)CC1CN. The summed E-state index contributed by atoms with van der Waals surface area (Å²) in [4.78, 5) is 2.55. The van der Waals surface area contributed by atoms with Crippen LogP contribution < -0.4 is 5.73 Å². The van der Waals surface area contributed by atoms with Crippen LogP contribution >= 0.6 is 0 Å². The number of unbranched alkanes of at least 4 members (excludes halogenated alkanes) is 2. The monoisotopic (exact) mass is 214 g/mol. The normalized spacial score (nSPS) is 28.2. The molecule has 3 nitrogen and oxygen atoms in total. The summed E-state index contributed by atoms with van der Waals surface area (Å²) in [7, 11) is 1.81. The van der Waals surface area contributed by atoms with Gasteiger partial charge < -0.3 is 10.5 Å². The molecule has 2 unspecified atom stereocenters. The molecule has 0 spiro atoms. The quantitative estimate of drug-likeness (QED) is 0.683. The number of nitrogens with two attached hydrogens (primary N) is 1. The Kier molecular flexibility index (Phi) is 6.22. The van der Waals surface area contributed by atoms with Crippen LogP contribution in [0.15, 0.2) is 0 Å². The van der Waals surface area contributed by atoms with Crippen LogP contribution in [0.3, 0.4) is 0 Å². The maximum atomic E-state index is 5.82. The molecular weight excluding hydrogens is 188 g/mol. The van der Waals surface area contributed by atoms with E-state index in [-0.39, 0.29) is 0 Å². The lowest BCUT2D eigenvalue weighted by Crippen LogP contribution is -2.48. The largest absolute Gasteiger partial charge is 0.381 e. The van der Waals surface area contributed by atoms with Crippen LogP contribution in [0.2, 0.25) is 0 Å². The van der Waals surface area contributed by atoms with Crippen molar-refractivity contribution in [2.45, 2.75) is 51.2 Å². The van der Waals surface area contributed by atoms with Crippen molar-refractivity contribution in [3.05, 3.63) is 0 Å². The predicted octanol–water partition coefficient (Wildman–Crippen LogP) is 1.61. The first-order valence-corrected chi connectivity index (χ1v) is 6.28. The number of hydrogen-bond donors (Lipinski definition) is 1. The van der Waals surface area contributed by atoms with Crippen molar-refractivity contribution >= 4 is 0 Å². The third kappa shape index (κ3) is 4.09. The van der Waals surface area contributed by atoms with Gasteiger partial charge in [-0.2, -0.15) is 0 Å². The van der Waals surface area contributed by atoms with E-state index in [9.17, 15) is 0 Å². The van der Waals surface area contributed by atoms with Crippen LogP contribution in [0, 0.1) is 0 Å². The molecule has 2 N–H and O–H groups in total. The highest BCUT2D eigenvalue weighted by atomic mass is 16.5. The van der Waals surface area contributed by atoms with Crippen LogP contribution in [0.5, 0.6) is 0 Å². The number of piperidine rings is 1. The summed E-state index contributed by atoms with van der Waals surface area (Å²) in [5.74, 6) is 0. The van der Waals surface area contributed by atoms with E-state index < -0.39 is 0 Å². The number of likely N-dealkylation sites (tertiary alicyclic amines) is 1. The van der Waals surface area contributed by atoms with Gasteiger partial charge in [0.05, 0.1) is 6.10 Å². The molecule has 1 fully saturated rings. The van der Waals surface area contributed by atoms with E-state index in [1.165, 1.54) is 32.2 Å². The Morgan fingerprint density at radius 2 is 2.20 bits per heavy atom. The van der Waals surface area contributed by atoms with Gasteiger partial charge in [-0.05, 0) is 25.8 Å². The molecule has 0 aromatic carbocycles. The fourth-order valence-corrected chi connectivity index (χ4v) is 2.38. The molecule has 0 saturated carbocycles. The van der Waals surface area contributed by atoms with E-state index in [4.69, 9.17) is 10.5 Å². The molecule has 0 bridgehead atoms. The highest BCUT2D eigenvalue weighted by Crippen LogP contribution is 2.19. The Morgan fingerprint density at radius 3 is 2.80 bits per heavy atom. The minimum absolute atomic E-state index is 0.431. The first kappa shape index (κ1) is 12.9.